The molecule has 1 unspecified atom stereocenters. The number of anilines is 1. The van der Waals surface area contributed by atoms with Crippen LogP contribution < -0.4 is 5.32 Å². The Morgan fingerprint density at radius 3 is 2.76 bits per heavy atom. The van der Waals surface area contributed by atoms with Crippen LogP contribution in [-0.4, -0.2) is 11.0 Å². The Balaban J connectivity index is 2.61. The van der Waals surface area contributed by atoms with E-state index in [-0.39, 0.29) is 18.4 Å². The number of para-hydroxylation sites is 1. The first-order valence-corrected chi connectivity index (χ1v) is 6.18. The first kappa shape index (κ1) is 13.7. The molecule has 0 radical (unpaired) electrons. The molecule has 0 saturated carbocycles. The fraction of sp³-hybridized carbons (Fsp3) is 0.500. The maximum Gasteiger partial charge on any atom is 0.227 e. The topological polar surface area (TPSA) is 49.3 Å². The summed E-state index contributed by atoms with van der Waals surface area (Å²) in [6.07, 6.45) is 3.07. The fourth-order valence-corrected chi connectivity index (χ4v) is 1.68. The number of amides is 1. The van der Waals surface area contributed by atoms with Crippen molar-refractivity contribution < 1.29 is 9.90 Å². The summed E-state index contributed by atoms with van der Waals surface area (Å²) in [5.41, 5.74) is 1.46. The number of carbonyl (C=O) groups excluding carboxylic acids is 1. The Labute approximate surface area is 103 Å². The summed E-state index contributed by atoms with van der Waals surface area (Å²) in [5.74, 6) is 0.0426. The van der Waals surface area contributed by atoms with Crippen molar-refractivity contribution in [3.05, 3.63) is 29.8 Å². The van der Waals surface area contributed by atoms with E-state index < -0.39 is 0 Å². The average Bonchev–Trinajstić information content (AvgIpc) is 2.36. The van der Waals surface area contributed by atoms with E-state index in [0.717, 1.165) is 24.8 Å². The molecule has 1 rings (SSSR count). The van der Waals surface area contributed by atoms with Crippen molar-refractivity contribution in [2.45, 2.75) is 39.7 Å². The zero-order chi connectivity index (χ0) is 12.7. The van der Waals surface area contributed by atoms with Crippen LogP contribution in [0.25, 0.3) is 0 Å². The van der Waals surface area contributed by atoms with E-state index in [1.54, 1.807) is 0 Å². The second kappa shape index (κ2) is 7.07. The van der Waals surface area contributed by atoms with Crippen molar-refractivity contribution in [2.24, 2.45) is 5.92 Å². The number of rotatable bonds is 6. The number of nitrogens with one attached hydrogen (secondary N) is 1. The van der Waals surface area contributed by atoms with Crippen LogP contribution in [0.5, 0.6) is 0 Å². The van der Waals surface area contributed by atoms with Crippen LogP contribution >= 0.6 is 0 Å². The minimum atomic E-state index is -0.0558. The number of benzene rings is 1. The summed E-state index contributed by atoms with van der Waals surface area (Å²) < 4.78 is 0. The lowest BCUT2D eigenvalue weighted by molar-refractivity contribution is -0.119. The third-order valence-corrected chi connectivity index (χ3v) is 2.88. The zero-order valence-corrected chi connectivity index (χ0v) is 10.6. The van der Waals surface area contributed by atoms with Crippen LogP contribution in [0.15, 0.2) is 24.3 Å². The predicted molar refractivity (Wildman–Crippen MR) is 69.7 cm³/mol. The van der Waals surface area contributed by atoms with Gasteiger partial charge in [0.25, 0.3) is 0 Å². The Morgan fingerprint density at radius 2 is 2.12 bits per heavy atom. The second-order valence-corrected chi connectivity index (χ2v) is 4.35. The van der Waals surface area contributed by atoms with Crippen LogP contribution in [-0.2, 0) is 11.4 Å². The maximum atomic E-state index is 11.9. The van der Waals surface area contributed by atoms with E-state index in [0.29, 0.717) is 5.69 Å². The van der Waals surface area contributed by atoms with Gasteiger partial charge in [-0.1, -0.05) is 44.9 Å². The molecule has 0 aliphatic carbocycles. The molecule has 94 valence electrons. The highest BCUT2D eigenvalue weighted by molar-refractivity contribution is 5.92. The number of unbranched alkanes of at least 4 members (excludes halogenated alkanes) is 1. The van der Waals surface area contributed by atoms with Crippen LogP contribution in [0.2, 0.25) is 0 Å². The van der Waals surface area contributed by atoms with Crippen molar-refractivity contribution >= 4 is 11.6 Å². The largest absolute Gasteiger partial charge is 0.392 e. The standard InChI is InChI=1S/C14H21NO2/c1-3-4-7-11(2)14(17)15-13-9-6-5-8-12(13)10-16/h5-6,8-9,11,16H,3-4,7,10H2,1-2H3,(H,15,17). The van der Waals surface area contributed by atoms with Gasteiger partial charge in [-0.2, -0.15) is 0 Å². The lowest BCUT2D eigenvalue weighted by Gasteiger charge is -2.13. The summed E-state index contributed by atoms with van der Waals surface area (Å²) in [6, 6.07) is 7.33. The van der Waals surface area contributed by atoms with Gasteiger partial charge in [0.2, 0.25) is 5.91 Å². The minimum Gasteiger partial charge on any atom is -0.392 e. The van der Waals surface area contributed by atoms with Crippen molar-refractivity contribution in [1.82, 2.24) is 0 Å². The zero-order valence-electron chi connectivity index (χ0n) is 10.6. The van der Waals surface area contributed by atoms with Crippen LogP contribution in [0.4, 0.5) is 5.69 Å². The molecule has 1 amide bonds. The molecule has 2 N–H and O–H groups in total. The van der Waals surface area contributed by atoms with E-state index in [2.05, 4.69) is 12.2 Å². The number of carbonyl (C=O) groups is 1. The summed E-state index contributed by atoms with van der Waals surface area (Å²) >= 11 is 0. The quantitative estimate of drug-likeness (QED) is 0.796. The van der Waals surface area contributed by atoms with Gasteiger partial charge in [0.1, 0.15) is 0 Å². The van der Waals surface area contributed by atoms with Gasteiger partial charge in [0, 0.05) is 17.2 Å². The Hall–Kier alpha value is -1.35. The highest BCUT2D eigenvalue weighted by Crippen LogP contribution is 2.17. The summed E-state index contributed by atoms with van der Waals surface area (Å²) in [6.45, 7) is 4.00. The van der Waals surface area contributed by atoms with Gasteiger partial charge in [-0.3, -0.25) is 4.79 Å². The van der Waals surface area contributed by atoms with Crippen molar-refractivity contribution in [3.63, 3.8) is 0 Å². The molecule has 0 aromatic heterocycles. The van der Waals surface area contributed by atoms with Gasteiger partial charge in [-0.05, 0) is 12.5 Å². The smallest absolute Gasteiger partial charge is 0.227 e. The normalized spacial score (nSPS) is 12.2. The van der Waals surface area contributed by atoms with E-state index in [4.69, 9.17) is 5.11 Å². The number of aliphatic hydroxyl groups excluding tert-OH is 1. The Bertz CT molecular complexity index is 363. The van der Waals surface area contributed by atoms with Gasteiger partial charge in [0.05, 0.1) is 6.61 Å². The fourth-order valence-electron chi connectivity index (χ4n) is 1.68. The Kier molecular flexibility index (Phi) is 5.70. The van der Waals surface area contributed by atoms with Crippen LogP contribution in [0.3, 0.4) is 0 Å². The molecular weight excluding hydrogens is 214 g/mol. The molecule has 3 heteroatoms. The van der Waals surface area contributed by atoms with Crippen molar-refractivity contribution in [2.75, 3.05) is 5.32 Å². The molecule has 0 heterocycles. The first-order chi connectivity index (χ1) is 8.19. The molecule has 3 nitrogen and oxygen atoms in total. The molecule has 0 aliphatic rings. The molecule has 1 aromatic carbocycles. The van der Waals surface area contributed by atoms with Gasteiger partial charge in [-0.25, -0.2) is 0 Å². The van der Waals surface area contributed by atoms with E-state index in [9.17, 15) is 4.79 Å². The van der Waals surface area contributed by atoms with Crippen LogP contribution in [0.1, 0.15) is 38.7 Å². The summed E-state index contributed by atoms with van der Waals surface area (Å²) in [5, 5.41) is 12.0. The third kappa shape index (κ3) is 4.19. The monoisotopic (exact) mass is 235 g/mol. The molecule has 0 aliphatic heterocycles. The summed E-state index contributed by atoms with van der Waals surface area (Å²) in [7, 11) is 0. The van der Waals surface area contributed by atoms with Crippen LogP contribution in [0, 0.1) is 5.92 Å². The lowest BCUT2D eigenvalue weighted by Crippen LogP contribution is -2.21. The SMILES string of the molecule is CCCCC(C)C(=O)Nc1ccccc1CO. The Morgan fingerprint density at radius 1 is 1.41 bits per heavy atom. The molecule has 0 fully saturated rings. The number of hydrogen-bond donors (Lipinski definition) is 2. The predicted octanol–water partition coefficient (Wildman–Crippen LogP) is 2.94. The lowest BCUT2D eigenvalue weighted by atomic mass is 10.0. The van der Waals surface area contributed by atoms with E-state index in [1.165, 1.54) is 0 Å². The van der Waals surface area contributed by atoms with Gasteiger partial charge in [-0.15, -0.1) is 0 Å². The molecular formula is C14H21NO2. The average molecular weight is 235 g/mol. The highest BCUT2D eigenvalue weighted by Gasteiger charge is 2.13. The summed E-state index contributed by atoms with van der Waals surface area (Å²) in [4.78, 5) is 11.9. The van der Waals surface area contributed by atoms with Gasteiger partial charge < -0.3 is 10.4 Å². The number of aliphatic hydroxyl groups is 1. The van der Waals surface area contributed by atoms with Crippen molar-refractivity contribution in [3.8, 4) is 0 Å². The molecule has 1 aromatic rings. The molecule has 17 heavy (non-hydrogen) atoms. The van der Waals surface area contributed by atoms with E-state index >= 15 is 0 Å². The number of hydrogen-bond acceptors (Lipinski definition) is 2. The first-order valence-electron chi connectivity index (χ1n) is 6.18. The van der Waals surface area contributed by atoms with Gasteiger partial charge >= 0.3 is 0 Å². The molecule has 1 atom stereocenters. The molecule has 0 spiro atoms. The molecule has 0 bridgehead atoms. The van der Waals surface area contributed by atoms with E-state index in [1.807, 2.05) is 31.2 Å². The maximum absolute atomic E-state index is 11.9. The second-order valence-electron chi connectivity index (χ2n) is 4.35. The highest BCUT2D eigenvalue weighted by atomic mass is 16.3. The van der Waals surface area contributed by atoms with Crippen molar-refractivity contribution in [1.29, 1.82) is 0 Å². The van der Waals surface area contributed by atoms with Gasteiger partial charge in [0.15, 0.2) is 0 Å². The molecule has 0 saturated heterocycles. The third-order valence-electron chi connectivity index (χ3n) is 2.88. The minimum absolute atomic E-state index is 0.0155.